The molecule has 2 aliphatic heterocycles. The van der Waals surface area contributed by atoms with Gasteiger partial charge in [0.2, 0.25) is 17.7 Å². The molecule has 3 aliphatic rings. The number of amides is 4. The van der Waals surface area contributed by atoms with Crippen LogP contribution in [-0.2, 0) is 19.1 Å². The van der Waals surface area contributed by atoms with E-state index in [4.69, 9.17) is 4.74 Å². The summed E-state index contributed by atoms with van der Waals surface area (Å²) in [5, 5.41) is 20.9. The van der Waals surface area contributed by atoms with E-state index in [1.54, 1.807) is 20.8 Å². The van der Waals surface area contributed by atoms with Crippen LogP contribution >= 0.6 is 0 Å². The Labute approximate surface area is 213 Å². The molecule has 5 atom stereocenters. The minimum atomic E-state index is -0.854. The first kappa shape index (κ1) is 27.8. The van der Waals surface area contributed by atoms with Crippen molar-refractivity contribution in [2.45, 2.75) is 109 Å². The van der Waals surface area contributed by atoms with E-state index >= 15 is 0 Å². The average Bonchev–Trinajstić information content (AvgIpc) is 3.43. The van der Waals surface area contributed by atoms with E-state index in [0.717, 1.165) is 38.5 Å². The maximum Gasteiger partial charge on any atom is 0.408 e. The standard InChI is InChI=1S/C26H41N5O5/c1-26(2,3)36-25(35)31-20-11-7-6-10-17-15-28-22(32)19(17)13-18(14-27)29-24(34)21(30-23(20)33)12-16-8-4-5-9-16/h16-21H,4-13,15H2,1-3H3,(H,28,32)(H,29,34)(H,30,33)(H,31,35)/t17-,18-,19-,20-,21-/m0/s1. The lowest BCUT2D eigenvalue weighted by Crippen LogP contribution is -2.55. The van der Waals surface area contributed by atoms with Crippen molar-refractivity contribution in [1.29, 1.82) is 5.26 Å². The summed E-state index contributed by atoms with van der Waals surface area (Å²) >= 11 is 0. The van der Waals surface area contributed by atoms with E-state index in [1.807, 2.05) is 0 Å². The van der Waals surface area contributed by atoms with Gasteiger partial charge in [-0.25, -0.2) is 4.79 Å². The van der Waals surface area contributed by atoms with Crippen LogP contribution in [0.3, 0.4) is 0 Å². The summed E-state index contributed by atoms with van der Waals surface area (Å²) in [5.41, 5.74) is -0.712. The summed E-state index contributed by atoms with van der Waals surface area (Å²) in [5.74, 6) is -0.903. The second-order valence-corrected chi connectivity index (χ2v) is 11.5. The Bertz CT molecular complexity index is 858. The fourth-order valence-corrected chi connectivity index (χ4v) is 5.55. The number of rotatable bonds is 3. The van der Waals surface area contributed by atoms with Gasteiger partial charge in [-0.3, -0.25) is 14.4 Å². The van der Waals surface area contributed by atoms with Crippen LogP contribution in [0.2, 0.25) is 0 Å². The highest BCUT2D eigenvalue weighted by Crippen LogP contribution is 2.30. The Morgan fingerprint density at radius 1 is 1.00 bits per heavy atom. The van der Waals surface area contributed by atoms with Crippen LogP contribution in [0.4, 0.5) is 4.79 Å². The van der Waals surface area contributed by atoms with E-state index in [1.165, 1.54) is 0 Å². The van der Waals surface area contributed by atoms with Crippen LogP contribution in [-0.4, -0.2) is 54.1 Å². The molecule has 0 unspecified atom stereocenters. The monoisotopic (exact) mass is 503 g/mol. The number of nitrogens with one attached hydrogen (secondary N) is 4. The zero-order chi connectivity index (χ0) is 26.3. The molecule has 10 heteroatoms. The minimum absolute atomic E-state index is 0.0635. The molecule has 36 heavy (non-hydrogen) atoms. The predicted molar refractivity (Wildman–Crippen MR) is 132 cm³/mol. The van der Waals surface area contributed by atoms with E-state index in [0.29, 0.717) is 31.7 Å². The number of hydrogen-bond donors (Lipinski definition) is 4. The number of fused-ring (bicyclic) bond motifs is 1. The molecule has 1 aliphatic carbocycles. The third-order valence-electron chi connectivity index (χ3n) is 7.41. The lowest BCUT2D eigenvalue weighted by molar-refractivity contribution is -0.131. The molecule has 0 bridgehead atoms. The number of carbonyl (C=O) groups excluding carboxylic acids is 4. The van der Waals surface area contributed by atoms with Gasteiger partial charge in [-0.15, -0.1) is 0 Å². The zero-order valence-corrected chi connectivity index (χ0v) is 21.7. The summed E-state index contributed by atoms with van der Waals surface area (Å²) in [6.45, 7) is 5.79. The molecule has 0 radical (unpaired) electrons. The van der Waals surface area contributed by atoms with Crippen molar-refractivity contribution in [1.82, 2.24) is 21.3 Å². The maximum absolute atomic E-state index is 13.3. The first-order valence-electron chi connectivity index (χ1n) is 13.3. The van der Waals surface area contributed by atoms with Crippen molar-refractivity contribution in [3.05, 3.63) is 0 Å². The highest BCUT2D eigenvalue weighted by molar-refractivity contribution is 5.91. The summed E-state index contributed by atoms with van der Waals surface area (Å²) in [7, 11) is 0. The Morgan fingerprint density at radius 2 is 1.67 bits per heavy atom. The lowest BCUT2D eigenvalue weighted by Gasteiger charge is -2.28. The molecule has 2 heterocycles. The van der Waals surface area contributed by atoms with Gasteiger partial charge in [0.1, 0.15) is 23.7 Å². The van der Waals surface area contributed by atoms with Gasteiger partial charge >= 0.3 is 6.09 Å². The van der Waals surface area contributed by atoms with Crippen molar-refractivity contribution in [2.75, 3.05) is 6.54 Å². The lowest BCUT2D eigenvalue weighted by atomic mass is 9.85. The van der Waals surface area contributed by atoms with Gasteiger partial charge in [-0.2, -0.15) is 5.26 Å². The first-order valence-corrected chi connectivity index (χ1v) is 13.3. The van der Waals surface area contributed by atoms with Gasteiger partial charge < -0.3 is 26.0 Å². The summed E-state index contributed by atoms with van der Waals surface area (Å²) in [4.78, 5) is 51.5. The van der Waals surface area contributed by atoms with Gasteiger partial charge in [0.15, 0.2) is 0 Å². The number of hydrogen-bond acceptors (Lipinski definition) is 6. The van der Waals surface area contributed by atoms with E-state index in [2.05, 4.69) is 27.3 Å². The van der Waals surface area contributed by atoms with Crippen LogP contribution in [0.1, 0.15) is 85.0 Å². The predicted octanol–water partition coefficient (Wildman–Crippen LogP) is 2.28. The third kappa shape index (κ3) is 8.10. The maximum atomic E-state index is 13.3. The summed E-state index contributed by atoms with van der Waals surface area (Å²) in [6, 6.07) is -0.370. The summed E-state index contributed by atoms with van der Waals surface area (Å²) < 4.78 is 5.36. The number of nitriles is 1. The van der Waals surface area contributed by atoms with Gasteiger partial charge in [0, 0.05) is 12.5 Å². The fourth-order valence-electron chi connectivity index (χ4n) is 5.55. The molecular weight excluding hydrogens is 462 g/mol. The quantitative estimate of drug-likeness (QED) is 0.464. The SMILES string of the molecule is CC(C)(C)OC(=O)N[C@H]1CCCC[C@H]2CNC(=O)[C@H]2C[C@@H](C#N)NC(=O)[C@H](CC2CCCC2)NC1=O. The topological polar surface area (TPSA) is 149 Å². The number of carbonyl (C=O) groups is 4. The number of ether oxygens (including phenoxy) is 1. The molecular formula is C26H41N5O5. The molecule has 4 N–H and O–H groups in total. The normalized spacial score (nSPS) is 30.7. The molecule has 4 amide bonds. The Balaban J connectivity index is 1.81. The molecule has 2 saturated heterocycles. The van der Waals surface area contributed by atoms with Crippen LogP contribution in [0.15, 0.2) is 0 Å². The van der Waals surface area contributed by atoms with E-state index < -0.39 is 41.6 Å². The molecule has 1 saturated carbocycles. The second-order valence-electron chi connectivity index (χ2n) is 11.5. The van der Waals surface area contributed by atoms with Crippen LogP contribution in [0.25, 0.3) is 0 Å². The molecule has 200 valence electrons. The Hall–Kier alpha value is -2.83. The largest absolute Gasteiger partial charge is 0.444 e. The van der Waals surface area contributed by atoms with Crippen molar-refractivity contribution in [3.8, 4) is 6.07 Å². The van der Waals surface area contributed by atoms with Gasteiger partial charge in [0.25, 0.3) is 0 Å². The van der Waals surface area contributed by atoms with Crippen LogP contribution < -0.4 is 21.3 Å². The fraction of sp³-hybridized carbons (Fsp3) is 0.808. The Morgan fingerprint density at radius 3 is 2.33 bits per heavy atom. The molecule has 0 aromatic heterocycles. The number of nitrogens with zero attached hydrogens (tertiary/aromatic N) is 1. The van der Waals surface area contributed by atoms with Crippen molar-refractivity contribution < 1.29 is 23.9 Å². The third-order valence-corrected chi connectivity index (χ3v) is 7.41. The zero-order valence-electron chi connectivity index (χ0n) is 21.7. The summed E-state index contributed by atoms with van der Waals surface area (Å²) in [6.07, 6.45) is 6.78. The van der Waals surface area contributed by atoms with Crippen molar-refractivity contribution in [3.63, 3.8) is 0 Å². The first-order chi connectivity index (χ1) is 17.1. The highest BCUT2D eigenvalue weighted by Gasteiger charge is 2.38. The van der Waals surface area contributed by atoms with E-state index in [9.17, 15) is 24.4 Å². The molecule has 0 aromatic rings. The van der Waals surface area contributed by atoms with E-state index in [-0.39, 0.29) is 24.2 Å². The van der Waals surface area contributed by atoms with Gasteiger partial charge in [-0.1, -0.05) is 38.5 Å². The Kier molecular flexibility index (Phi) is 9.57. The van der Waals surface area contributed by atoms with Crippen LogP contribution in [0, 0.1) is 29.1 Å². The molecule has 3 rings (SSSR count). The molecule has 3 fully saturated rings. The second kappa shape index (κ2) is 12.4. The molecule has 0 spiro atoms. The van der Waals surface area contributed by atoms with Crippen molar-refractivity contribution in [2.24, 2.45) is 17.8 Å². The van der Waals surface area contributed by atoms with Crippen LogP contribution in [0.5, 0.6) is 0 Å². The number of alkyl carbamates (subject to hydrolysis) is 1. The van der Waals surface area contributed by atoms with Crippen molar-refractivity contribution >= 4 is 23.8 Å². The highest BCUT2D eigenvalue weighted by atomic mass is 16.6. The smallest absolute Gasteiger partial charge is 0.408 e. The average molecular weight is 504 g/mol. The van der Waals surface area contributed by atoms with Gasteiger partial charge in [0.05, 0.1) is 6.07 Å². The molecule has 0 aromatic carbocycles. The molecule has 10 nitrogen and oxygen atoms in total. The van der Waals surface area contributed by atoms with Gasteiger partial charge in [-0.05, 0) is 58.3 Å². The minimum Gasteiger partial charge on any atom is -0.444 e.